The lowest BCUT2D eigenvalue weighted by Crippen LogP contribution is -2.35. The van der Waals surface area contributed by atoms with Crippen LogP contribution in [0.1, 0.15) is 18.7 Å². The van der Waals surface area contributed by atoms with Gasteiger partial charge in [-0.2, -0.15) is 4.98 Å². The van der Waals surface area contributed by atoms with Crippen molar-refractivity contribution in [2.45, 2.75) is 19.3 Å². The molecule has 1 saturated heterocycles. The van der Waals surface area contributed by atoms with Crippen molar-refractivity contribution >= 4 is 5.91 Å². The maximum Gasteiger partial charge on any atom is 0.226 e. The summed E-state index contributed by atoms with van der Waals surface area (Å²) in [5.74, 6) is 1.48. The summed E-state index contributed by atoms with van der Waals surface area (Å²) in [6.45, 7) is 3.99. The Hall–Kier alpha value is -2.32. The van der Waals surface area contributed by atoms with Crippen molar-refractivity contribution in [3.05, 3.63) is 30.4 Å². The molecule has 2 aromatic rings. The Morgan fingerprint density at radius 3 is 3.08 bits per heavy atom. The molecule has 3 rings (SSSR count). The van der Waals surface area contributed by atoms with Crippen molar-refractivity contribution in [2.75, 3.05) is 39.9 Å². The van der Waals surface area contributed by atoms with E-state index in [1.54, 1.807) is 12.4 Å². The van der Waals surface area contributed by atoms with Gasteiger partial charge in [0.15, 0.2) is 0 Å². The standard InChI is InChI=1S/C18H25N5O3/c1-23-9-10-25-13-14(12-23)11-20-16(24)3-2-4-17-21-18(22-26-17)15-5-7-19-8-6-15/h5-8,14H,2-4,9-13H2,1H3,(H,20,24). The van der Waals surface area contributed by atoms with Crippen LogP contribution in [0.25, 0.3) is 11.4 Å². The molecule has 1 fully saturated rings. The molecule has 0 aromatic carbocycles. The third-order valence-corrected chi connectivity index (χ3v) is 4.33. The van der Waals surface area contributed by atoms with Gasteiger partial charge in [-0.15, -0.1) is 0 Å². The van der Waals surface area contributed by atoms with E-state index in [9.17, 15) is 4.79 Å². The fraction of sp³-hybridized carbons (Fsp3) is 0.556. The highest BCUT2D eigenvalue weighted by Gasteiger charge is 2.17. The molecule has 3 heterocycles. The second-order valence-corrected chi connectivity index (χ2v) is 6.61. The first-order valence-electron chi connectivity index (χ1n) is 8.96. The average molecular weight is 359 g/mol. The van der Waals surface area contributed by atoms with Gasteiger partial charge in [0.2, 0.25) is 17.6 Å². The Morgan fingerprint density at radius 1 is 1.38 bits per heavy atom. The van der Waals surface area contributed by atoms with Gasteiger partial charge in [0.05, 0.1) is 13.2 Å². The van der Waals surface area contributed by atoms with Crippen LogP contribution in [0.5, 0.6) is 0 Å². The first-order chi connectivity index (χ1) is 12.7. The van der Waals surface area contributed by atoms with Crippen LogP contribution in [0.15, 0.2) is 29.0 Å². The number of aromatic nitrogens is 3. The van der Waals surface area contributed by atoms with E-state index in [4.69, 9.17) is 9.26 Å². The third-order valence-electron chi connectivity index (χ3n) is 4.33. The van der Waals surface area contributed by atoms with Crippen molar-refractivity contribution in [1.29, 1.82) is 0 Å². The third kappa shape index (κ3) is 5.60. The molecular weight excluding hydrogens is 334 g/mol. The number of ether oxygens (including phenoxy) is 1. The molecule has 8 heteroatoms. The van der Waals surface area contributed by atoms with Crippen LogP contribution in [0.2, 0.25) is 0 Å². The number of nitrogens with zero attached hydrogens (tertiary/aromatic N) is 4. The Kier molecular flexibility index (Phi) is 6.68. The van der Waals surface area contributed by atoms with Crippen LogP contribution < -0.4 is 5.32 Å². The lowest BCUT2D eigenvalue weighted by Gasteiger charge is -2.19. The minimum atomic E-state index is 0.0470. The highest BCUT2D eigenvalue weighted by molar-refractivity contribution is 5.75. The molecule has 1 atom stereocenters. The summed E-state index contributed by atoms with van der Waals surface area (Å²) >= 11 is 0. The Labute approximate surface area is 152 Å². The summed E-state index contributed by atoms with van der Waals surface area (Å²) in [6, 6.07) is 3.66. The zero-order chi connectivity index (χ0) is 18.2. The monoisotopic (exact) mass is 359 g/mol. The van der Waals surface area contributed by atoms with Crippen molar-refractivity contribution in [1.82, 2.24) is 25.3 Å². The maximum atomic E-state index is 12.0. The minimum absolute atomic E-state index is 0.0470. The molecule has 140 valence electrons. The van der Waals surface area contributed by atoms with Gasteiger partial charge in [-0.1, -0.05) is 5.16 Å². The molecule has 1 aliphatic rings. The Bertz CT molecular complexity index is 691. The number of aryl methyl sites for hydroxylation is 1. The highest BCUT2D eigenvalue weighted by Crippen LogP contribution is 2.15. The van der Waals surface area contributed by atoms with Crippen LogP contribution in [-0.4, -0.2) is 65.8 Å². The predicted octanol–water partition coefficient (Wildman–Crippen LogP) is 1.15. The van der Waals surface area contributed by atoms with Crippen LogP contribution in [0, 0.1) is 5.92 Å². The topological polar surface area (TPSA) is 93.4 Å². The van der Waals surface area contributed by atoms with Gasteiger partial charge < -0.3 is 19.5 Å². The van der Waals surface area contributed by atoms with Crippen molar-refractivity contribution in [3.8, 4) is 11.4 Å². The first-order valence-corrected chi connectivity index (χ1v) is 8.96. The summed E-state index contributed by atoms with van der Waals surface area (Å²) in [5.41, 5.74) is 0.864. The van der Waals surface area contributed by atoms with Crippen LogP contribution in [0.3, 0.4) is 0 Å². The van der Waals surface area contributed by atoms with Gasteiger partial charge in [-0.05, 0) is 25.6 Å². The highest BCUT2D eigenvalue weighted by atomic mass is 16.5. The molecule has 1 aliphatic heterocycles. The quantitative estimate of drug-likeness (QED) is 0.792. The van der Waals surface area contributed by atoms with Gasteiger partial charge in [0.25, 0.3) is 0 Å². The summed E-state index contributed by atoms with van der Waals surface area (Å²) in [4.78, 5) is 22.6. The van der Waals surface area contributed by atoms with Gasteiger partial charge in [-0.25, -0.2) is 0 Å². The van der Waals surface area contributed by atoms with E-state index in [1.807, 2.05) is 12.1 Å². The molecule has 2 aromatic heterocycles. The summed E-state index contributed by atoms with van der Waals surface area (Å²) in [7, 11) is 2.08. The van der Waals surface area contributed by atoms with Crippen LogP contribution in [-0.2, 0) is 16.0 Å². The van der Waals surface area contributed by atoms with Crippen molar-refractivity contribution < 1.29 is 14.1 Å². The molecule has 1 N–H and O–H groups in total. The lowest BCUT2D eigenvalue weighted by molar-refractivity contribution is -0.121. The van der Waals surface area contributed by atoms with Crippen molar-refractivity contribution in [3.63, 3.8) is 0 Å². The van der Waals surface area contributed by atoms with E-state index >= 15 is 0 Å². The van der Waals surface area contributed by atoms with E-state index in [0.29, 0.717) is 50.0 Å². The summed E-state index contributed by atoms with van der Waals surface area (Å²) in [6.07, 6.45) is 5.07. The fourth-order valence-electron chi connectivity index (χ4n) is 2.90. The number of amides is 1. The summed E-state index contributed by atoms with van der Waals surface area (Å²) in [5, 5.41) is 6.96. The number of hydrogen-bond donors (Lipinski definition) is 1. The van der Waals surface area contributed by atoms with E-state index in [2.05, 4.69) is 32.4 Å². The number of carbonyl (C=O) groups is 1. The molecular formula is C18H25N5O3. The molecule has 0 saturated carbocycles. The van der Waals surface area contributed by atoms with Crippen LogP contribution >= 0.6 is 0 Å². The molecule has 8 nitrogen and oxygen atoms in total. The van der Waals surface area contributed by atoms with E-state index in [0.717, 1.165) is 25.3 Å². The molecule has 0 spiro atoms. The maximum absolute atomic E-state index is 12.0. The molecule has 0 bridgehead atoms. The predicted molar refractivity (Wildman–Crippen MR) is 95.3 cm³/mol. The second-order valence-electron chi connectivity index (χ2n) is 6.61. The van der Waals surface area contributed by atoms with Crippen LogP contribution in [0.4, 0.5) is 0 Å². The zero-order valence-corrected chi connectivity index (χ0v) is 15.1. The number of rotatable bonds is 7. The SMILES string of the molecule is CN1CCOCC(CNC(=O)CCCc2nc(-c3ccncc3)no2)C1. The first kappa shape index (κ1) is 18.5. The largest absolute Gasteiger partial charge is 0.380 e. The number of pyridine rings is 1. The molecule has 1 amide bonds. The second kappa shape index (κ2) is 9.40. The fourth-order valence-corrected chi connectivity index (χ4v) is 2.90. The number of likely N-dealkylation sites (N-methyl/N-ethyl adjacent to an activating group) is 1. The van der Waals surface area contributed by atoms with E-state index in [1.165, 1.54) is 0 Å². The molecule has 26 heavy (non-hydrogen) atoms. The van der Waals surface area contributed by atoms with Gasteiger partial charge in [0.1, 0.15) is 0 Å². The average Bonchev–Trinajstić information content (AvgIpc) is 3.02. The van der Waals surface area contributed by atoms with E-state index in [-0.39, 0.29) is 5.91 Å². The van der Waals surface area contributed by atoms with E-state index < -0.39 is 0 Å². The number of hydrogen-bond acceptors (Lipinski definition) is 7. The lowest BCUT2D eigenvalue weighted by atomic mass is 10.1. The number of carbonyl (C=O) groups excluding carboxylic acids is 1. The Balaban J connectivity index is 1.37. The van der Waals surface area contributed by atoms with Gasteiger partial charge in [0, 0.05) is 56.4 Å². The van der Waals surface area contributed by atoms with Crippen molar-refractivity contribution in [2.24, 2.45) is 5.92 Å². The van der Waals surface area contributed by atoms with Gasteiger partial charge >= 0.3 is 0 Å². The Morgan fingerprint density at radius 2 is 2.23 bits per heavy atom. The zero-order valence-electron chi connectivity index (χ0n) is 15.1. The molecule has 0 radical (unpaired) electrons. The number of nitrogens with one attached hydrogen (secondary N) is 1. The summed E-state index contributed by atoms with van der Waals surface area (Å²) < 4.78 is 10.8. The minimum Gasteiger partial charge on any atom is -0.380 e. The molecule has 1 unspecified atom stereocenters. The van der Waals surface area contributed by atoms with Gasteiger partial charge in [-0.3, -0.25) is 9.78 Å². The normalized spacial score (nSPS) is 18.4. The smallest absolute Gasteiger partial charge is 0.226 e. The molecule has 0 aliphatic carbocycles.